The highest BCUT2D eigenvalue weighted by molar-refractivity contribution is 5.78. The summed E-state index contributed by atoms with van der Waals surface area (Å²) >= 11 is 0. The third kappa shape index (κ3) is 3.80. The predicted octanol–water partition coefficient (Wildman–Crippen LogP) is 1.68. The normalized spacial score (nSPS) is 18.7. The van der Waals surface area contributed by atoms with Crippen LogP contribution < -0.4 is 10.1 Å². The second kappa shape index (κ2) is 6.69. The Labute approximate surface area is 123 Å². The lowest BCUT2D eigenvalue weighted by atomic mass is 10.0. The lowest BCUT2D eigenvalue weighted by Crippen LogP contribution is -2.46. The molecule has 2 heterocycles. The van der Waals surface area contributed by atoms with Crippen molar-refractivity contribution in [1.29, 1.82) is 0 Å². The first-order valence-electron chi connectivity index (χ1n) is 7.13. The highest BCUT2D eigenvalue weighted by Crippen LogP contribution is 2.18. The molecule has 2 rings (SSSR count). The maximum absolute atomic E-state index is 13.3. The topological polar surface area (TPSA) is 67.3 Å². The predicted molar refractivity (Wildman–Crippen MR) is 76.6 cm³/mol. The number of hydrogen-bond donors (Lipinski definition) is 1. The Morgan fingerprint density at radius 2 is 2.33 bits per heavy atom. The van der Waals surface area contributed by atoms with Gasteiger partial charge in [-0.05, 0) is 12.8 Å². The molecule has 0 bridgehead atoms. The van der Waals surface area contributed by atoms with E-state index in [9.17, 15) is 9.18 Å². The molecule has 21 heavy (non-hydrogen) atoms. The molecule has 1 aromatic heterocycles. The minimum Gasteiger partial charge on any atom is -0.479 e. The van der Waals surface area contributed by atoms with Crippen LogP contribution in [0.15, 0.2) is 6.20 Å². The molecule has 7 heteroatoms. The molecule has 1 aliphatic heterocycles. The van der Waals surface area contributed by atoms with Gasteiger partial charge in [0, 0.05) is 25.0 Å². The number of rotatable bonds is 4. The fourth-order valence-corrected chi connectivity index (χ4v) is 2.41. The second-order valence-electron chi connectivity index (χ2n) is 5.47. The summed E-state index contributed by atoms with van der Waals surface area (Å²) in [6, 6.07) is 0.0663. The second-order valence-corrected chi connectivity index (χ2v) is 5.47. The summed E-state index contributed by atoms with van der Waals surface area (Å²) in [5, 5.41) is 3.14. The minimum atomic E-state index is -0.594. The van der Waals surface area contributed by atoms with Gasteiger partial charge in [-0.1, -0.05) is 13.8 Å². The zero-order valence-corrected chi connectivity index (χ0v) is 12.6. The number of amides is 1. The monoisotopic (exact) mass is 296 g/mol. The van der Waals surface area contributed by atoms with Gasteiger partial charge in [-0.3, -0.25) is 4.79 Å². The summed E-state index contributed by atoms with van der Waals surface area (Å²) in [5.41, 5.74) is 0. The molecule has 0 aliphatic carbocycles. The molecule has 1 aromatic rings. The van der Waals surface area contributed by atoms with Crippen LogP contribution in [0.1, 0.15) is 26.7 Å². The smallest absolute Gasteiger partial charge is 0.255 e. The van der Waals surface area contributed by atoms with E-state index in [-0.39, 0.29) is 23.7 Å². The molecule has 0 unspecified atom stereocenters. The fraction of sp³-hybridized carbons (Fsp3) is 0.643. The maximum Gasteiger partial charge on any atom is 0.255 e. The molecule has 0 radical (unpaired) electrons. The van der Waals surface area contributed by atoms with E-state index in [2.05, 4.69) is 15.3 Å². The van der Waals surface area contributed by atoms with Crippen LogP contribution in [-0.4, -0.2) is 47.0 Å². The Hall–Kier alpha value is -1.92. The maximum atomic E-state index is 13.3. The Morgan fingerprint density at radius 1 is 1.57 bits per heavy atom. The van der Waals surface area contributed by atoms with Crippen LogP contribution in [-0.2, 0) is 4.79 Å². The van der Waals surface area contributed by atoms with Gasteiger partial charge in [0.25, 0.3) is 5.88 Å². The Bertz CT molecular complexity index is 510. The van der Waals surface area contributed by atoms with Crippen LogP contribution in [0.25, 0.3) is 0 Å². The van der Waals surface area contributed by atoms with Crippen LogP contribution in [0.2, 0.25) is 0 Å². The van der Waals surface area contributed by atoms with E-state index in [4.69, 9.17) is 4.74 Å². The van der Waals surface area contributed by atoms with Crippen LogP contribution in [0, 0.1) is 11.7 Å². The highest BCUT2D eigenvalue weighted by atomic mass is 19.1. The van der Waals surface area contributed by atoms with Gasteiger partial charge in [-0.2, -0.15) is 9.37 Å². The van der Waals surface area contributed by atoms with E-state index in [1.54, 1.807) is 0 Å². The Morgan fingerprint density at radius 3 is 3.00 bits per heavy atom. The molecule has 1 fully saturated rings. The number of hydrogen-bond acceptors (Lipinski definition) is 5. The Kier molecular flexibility index (Phi) is 4.93. The van der Waals surface area contributed by atoms with E-state index in [0.29, 0.717) is 12.5 Å². The zero-order valence-electron chi connectivity index (χ0n) is 12.6. The molecule has 1 saturated heterocycles. The van der Waals surface area contributed by atoms with Gasteiger partial charge >= 0.3 is 0 Å². The molecule has 1 N–H and O–H groups in total. The molecule has 116 valence electrons. The third-order valence-electron chi connectivity index (χ3n) is 3.47. The van der Waals surface area contributed by atoms with E-state index >= 15 is 0 Å². The van der Waals surface area contributed by atoms with Gasteiger partial charge in [-0.15, -0.1) is 0 Å². The summed E-state index contributed by atoms with van der Waals surface area (Å²) in [4.78, 5) is 21.8. The number of nitrogens with zero attached hydrogens (tertiary/aromatic N) is 3. The van der Waals surface area contributed by atoms with Crippen molar-refractivity contribution in [1.82, 2.24) is 14.9 Å². The molecule has 0 spiro atoms. The first kappa shape index (κ1) is 15.5. The number of carbonyl (C=O) groups is 1. The minimum absolute atomic E-state index is 0.00841. The molecule has 0 saturated carbocycles. The summed E-state index contributed by atoms with van der Waals surface area (Å²) in [6.07, 6.45) is 2.92. The molecule has 1 atom stereocenters. The quantitative estimate of drug-likeness (QED) is 0.915. The van der Waals surface area contributed by atoms with Crippen molar-refractivity contribution >= 4 is 11.9 Å². The fourth-order valence-electron chi connectivity index (χ4n) is 2.41. The van der Waals surface area contributed by atoms with Gasteiger partial charge in [0.15, 0.2) is 0 Å². The first-order valence-corrected chi connectivity index (χ1v) is 7.13. The van der Waals surface area contributed by atoms with Gasteiger partial charge in [0.2, 0.25) is 17.7 Å². The molecule has 0 aromatic carbocycles. The SMILES string of the molecule is COc1nc(N[C@@H]2CCCN(C(=O)C(C)C)C2)ncc1F. The zero-order chi connectivity index (χ0) is 15.4. The van der Waals surface area contributed by atoms with Crippen molar-refractivity contribution in [3.8, 4) is 5.88 Å². The number of methoxy groups -OCH3 is 1. The lowest BCUT2D eigenvalue weighted by molar-refractivity contribution is -0.135. The van der Waals surface area contributed by atoms with Crippen molar-refractivity contribution in [3.63, 3.8) is 0 Å². The number of piperidine rings is 1. The number of likely N-dealkylation sites (tertiary alicyclic amines) is 1. The molecule has 1 amide bonds. The molecule has 6 nitrogen and oxygen atoms in total. The largest absolute Gasteiger partial charge is 0.479 e. The number of ether oxygens (including phenoxy) is 1. The van der Waals surface area contributed by atoms with E-state index in [0.717, 1.165) is 25.6 Å². The van der Waals surface area contributed by atoms with Gasteiger partial charge in [0.05, 0.1) is 13.3 Å². The number of nitrogens with one attached hydrogen (secondary N) is 1. The summed E-state index contributed by atoms with van der Waals surface area (Å²) in [7, 11) is 1.36. The van der Waals surface area contributed by atoms with Crippen molar-refractivity contribution < 1.29 is 13.9 Å². The standard InChI is InChI=1S/C14H21FN4O2/c1-9(2)13(20)19-6-4-5-10(8-19)17-14-16-7-11(15)12(18-14)21-3/h7,9-10H,4-6,8H2,1-3H3,(H,16,17,18)/t10-/m1/s1. The van der Waals surface area contributed by atoms with Gasteiger partial charge in [-0.25, -0.2) is 4.98 Å². The molecular formula is C14H21FN4O2. The lowest BCUT2D eigenvalue weighted by Gasteiger charge is -2.34. The first-order chi connectivity index (χ1) is 10.0. The van der Waals surface area contributed by atoms with Gasteiger partial charge < -0.3 is 15.0 Å². The van der Waals surface area contributed by atoms with Crippen LogP contribution in [0.5, 0.6) is 5.88 Å². The average molecular weight is 296 g/mol. The number of halogens is 1. The summed E-state index contributed by atoms with van der Waals surface area (Å²) in [5.74, 6) is -0.219. The highest BCUT2D eigenvalue weighted by Gasteiger charge is 2.25. The van der Waals surface area contributed by atoms with Gasteiger partial charge in [0.1, 0.15) is 0 Å². The van der Waals surface area contributed by atoms with Crippen LogP contribution >= 0.6 is 0 Å². The summed E-state index contributed by atoms with van der Waals surface area (Å²) < 4.78 is 18.1. The Balaban J connectivity index is 2.01. The van der Waals surface area contributed by atoms with Crippen molar-refractivity contribution in [2.75, 3.05) is 25.5 Å². The average Bonchev–Trinajstić information content (AvgIpc) is 2.48. The van der Waals surface area contributed by atoms with E-state index < -0.39 is 5.82 Å². The number of anilines is 1. The van der Waals surface area contributed by atoms with Crippen molar-refractivity contribution in [3.05, 3.63) is 12.0 Å². The summed E-state index contributed by atoms with van der Waals surface area (Å²) in [6.45, 7) is 5.18. The van der Waals surface area contributed by atoms with Crippen LogP contribution in [0.3, 0.4) is 0 Å². The van der Waals surface area contributed by atoms with Crippen LogP contribution in [0.4, 0.5) is 10.3 Å². The van der Waals surface area contributed by atoms with Crippen molar-refractivity contribution in [2.45, 2.75) is 32.7 Å². The molecular weight excluding hydrogens is 275 g/mol. The number of aromatic nitrogens is 2. The third-order valence-corrected chi connectivity index (χ3v) is 3.47. The van der Waals surface area contributed by atoms with Crippen molar-refractivity contribution in [2.24, 2.45) is 5.92 Å². The van der Waals surface area contributed by atoms with E-state index in [1.807, 2.05) is 18.7 Å². The number of carbonyl (C=O) groups excluding carboxylic acids is 1. The molecule has 1 aliphatic rings. The van der Waals surface area contributed by atoms with E-state index in [1.165, 1.54) is 7.11 Å².